The first-order valence-electron chi connectivity index (χ1n) is 10.4. The van der Waals surface area contributed by atoms with Crippen LogP contribution in [0.15, 0.2) is 52.9 Å². The minimum Gasteiger partial charge on any atom is -0.492 e. The van der Waals surface area contributed by atoms with Crippen molar-refractivity contribution in [1.29, 1.82) is 0 Å². The van der Waals surface area contributed by atoms with E-state index in [0.29, 0.717) is 44.0 Å². The Balaban J connectivity index is 1.42. The van der Waals surface area contributed by atoms with Crippen LogP contribution in [0.4, 0.5) is 0 Å². The third kappa shape index (κ3) is 4.54. The van der Waals surface area contributed by atoms with E-state index in [4.69, 9.17) is 14.9 Å². The summed E-state index contributed by atoms with van der Waals surface area (Å²) in [6.07, 6.45) is 2.32. The number of ether oxygens (including phenoxy) is 1. The summed E-state index contributed by atoms with van der Waals surface area (Å²) in [7, 11) is 0. The third-order valence-electron chi connectivity index (χ3n) is 5.34. The number of carbonyl (C=O) groups is 1. The largest absolute Gasteiger partial charge is 0.492 e. The van der Waals surface area contributed by atoms with Crippen LogP contribution in [0.3, 0.4) is 0 Å². The Morgan fingerprint density at radius 2 is 2.03 bits per heavy atom. The number of nitrogens with zero attached hydrogens (tertiary/aromatic N) is 2. The summed E-state index contributed by atoms with van der Waals surface area (Å²) < 4.78 is 11.6. The first kappa shape index (κ1) is 20.2. The van der Waals surface area contributed by atoms with E-state index >= 15 is 0 Å². The molecule has 0 fully saturated rings. The molecule has 2 N–H and O–H groups in total. The highest BCUT2D eigenvalue weighted by molar-refractivity contribution is 5.94. The molecule has 0 saturated heterocycles. The van der Waals surface area contributed by atoms with Crippen LogP contribution in [0, 0.1) is 6.92 Å². The second kappa shape index (κ2) is 9.13. The van der Waals surface area contributed by atoms with Crippen molar-refractivity contribution in [3.05, 3.63) is 82.6 Å². The number of oxazole rings is 1. The Labute approximate surface area is 176 Å². The lowest BCUT2D eigenvalue weighted by Crippen LogP contribution is -2.35. The number of benzene rings is 2. The van der Waals surface area contributed by atoms with Gasteiger partial charge in [-0.05, 0) is 36.6 Å². The van der Waals surface area contributed by atoms with Crippen molar-refractivity contribution in [2.45, 2.75) is 32.7 Å². The lowest BCUT2D eigenvalue weighted by molar-refractivity contribution is 0.0727. The summed E-state index contributed by atoms with van der Waals surface area (Å²) in [5.41, 5.74) is 9.25. The summed E-state index contributed by atoms with van der Waals surface area (Å²) in [6, 6.07) is 15.9. The number of hydrogen-bond acceptors (Lipinski definition) is 5. The van der Waals surface area contributed by atoms with Crippen molar-refractivity contribution in [2.24, 2.45) is 5.73 Å². The molecule has 4 rings (SSSR count). The third-order valence-corrected chi connectivity index (χ3v) is 5.34. The van der Waals surface area contributed by atoms with Crippen molar-refractivity contribution in [1.82, 2.24) is 9.88 Å². The molecule has 6 heteroatoms. The Morgan fingerprint density at radius 1 is 1.20 bits per heavy atom. The molecule has 6 nitrogen and oxygen atoms in total. The monoisotopic (exact) mass is 405 g/mol. The fourth-order valence-corrected chi connectivity index (χ4v) is 3.67. The molecule has 2 heterocycles. The van der Waals surface area contributed by atoms with Crippen molar-refractivity contribution in [2.75, 3.05) is 19.7 Å². The Hall–Kier alpha value is -3.12. The van der Waals surface area contributed by atoms with E-state index in [0.717, 1.165) is 35.7 Å². The number of amides is 1. The van der Waals surface area contributed by atoms with Crippen molar-refractivity contribution in [3.8, 4) is 5.75 Å². The lowest BCUT2D eigenvalue weighted by Gasteiger charge is -2.25. The highest BCUT2D eigenvalue weighted by Gasteiger charge is 2.26. The van der Waals surface area contributed by atoms with E-state index in [-0.39, 0.29) is 5.91 Å². The van der Waals surface area contributed by atoms with Crippen LogP contribution in [-0.4, -0.2) is 35.5 Å². The van der Waals surface area contributed by atoms with E-state index in [2.05, 4.69) is 17.1 Å². The molecule has 0 spiro atoms. The van der Waals surface area contributed by atoms with Gasteiger partial charge in [0, 0.05) is 31.5 Å². The van der Waals surface area contributed by atoms with Crippen LogP contribution < -0.4 is 10.5 Å². The quantitative estimate of drug-likeness (QED) is 0.652. The van der Waals surface area contributed by atoms with Gasteiger partial charge in [-0.1, -0.05) is 36.4 Å². The molecule has 2 aromatic carbocycles. The molecule has 1 amide bonds. The molecule has 0 unspecified atom stereocenters. The lowest BCUT2D eigenvalue weighted by atomic mass is 10.1. The second-order valence-corrected chi connectivity index (χ2v) is 7.56. The van der Waals surface area contributed by atoms with Gasteiger partial charge in [-0.2, -0.15) is 0 Å². The summed E-state index contributed by atoms with van der Waals surface area (Å²) >= 11 is 0. The zero-order valence-electron chi connectivity index (χ0n) is 17.3. The van der Waals surface area contributed by atoms with Gasteiger partial charge in [0.1, 0.15) is 23.8 Å². The van der Waals surface area contributed by atoms with Crippen molar-refractivity contribution >= 4 is 5.91 Å². The van der Waals surface area contributed by atoms with Crippen LogP contribution in [0.25, 0.3) is 0 Å². The summed E-state index contributed by atoms with van der Waals surface area (Å²) in [6.45, 7) is 3.91. The number of aromatic nitrogens is 1. The number of rotatable bonds is 7. The fourth-order valence-electron chi connectivity index (χ4n) is 3.67. The fraction of sp³-hybridized carbons (Fsp3) is 0.333. The maximum Gasteiger partial charge on any atom is 0.254 e. The SMILES string of the molecule is Cc1ccc(C(=O)N2CCc3oc(CCc4ccccc4)nc3C2)cc1OCCN. The van der Waals surface area contributed by atoms with Gasteiger partial charge < -0.3 is 19.8 Å². The van der Waals surface area contributed by atoms with Crippen LogP contribution in [-0.2, 0) is 25.8 Å². The average molecular weight is 405 g/mol. The number of aryl methyl sites for hydroxylation is 3. The molecule has 0 radical (unpaired) electrons. The van der Waals surface area contributed by atoms with Gasteiger partial charge in [0.2, 0.25) is 0 Å². The topological polar surface area (TPSA) is 81.6 Å². The summed E-state index contributed by atoms with van der Waals surface area (Å²) in [5, 5.41) is 0. The number of fused-ring (bicyclic) bond motifs is 1. The van der Waals surface area contributed by atoms with E-state index in [1.165, 1.54) is 5.56 Å². The van der Waals surface area contributed by atoms with Gasteiger partial charge in [0.15, 0.2) is 5.89 Å². The summed E-state index contributed by atoms with van der Waals surface area (Å²) in [5.74, 6) is 2.32. The standard InChI is InChI=1S/C24H27N3O3/c1-17-7-9-19(15-22(17)29-14-12-25)24(28)27-13-11-21-20(16-27)26-23(30-21)10-8-18-5-3-2-4-6-18/h2-7,9,15H,8,10-14,16,25H2,1H3. The van der Waals surface area contributed by atoms with Gasteiger partial charge >= 0.3 is 0 Å². The normalized spacial score (nSPS) is 13.2. The molecule has 30 heavy (non-hydrogen) atoms. The van der Waals surface area contributed by atoms with E-state index in [1.807, 2.05) is 42.2 Å². The molecule has 156 valence electrons. The van der Waals surface area contributed by atoms with Gasteiger partial charge in [-0.3, -0.25) is 4.79 Å². The molecule has 3 aromatic rings. The average Bonchev–Trinajstić information content (AvgIpc) is 3.19. The molecule has 0 bridgehead atoms. The predicted octanol–water partition coefficient (Wildman–Crippen LogP) is 3.30. The molecule has 1 aliphatic rings. The first-order chi connectivity index (χ1) is 14.6. The first-order valence-corrected chi connectivity index (χ1v) is 10.4. The van der Waals surface area contributed by atoms with Crippen LogP contribution in [0.5, 0.6) is 5.75 Å². The highest BCUT2D eigenvalue weighted by atomic mass is 16.5. The van der Waals surface area contributed by atoms with Crippen LogP contribution in [0.1, 0.15) is 38.8 Å². The minimum atomic E-state index is -0.0212. The molecular weight excluding hydrogens is 378 g/mol. The molecule has 1 aliphatic heterocycles. The van der Waals surface area contributed by atoms with E-state index < -0.39 is 0 Å². The van der Waals surface area contributed by atoms with Crippen LogP contribution in [0.2, 0.25) is 0 Å². The molecular formula is C24H27N3O3. The minimum absolute atomic E-state index is 0.0212. The van der Waals surface area contributed by atoms with E-state index in [9.17, 15) is 4.79 Å². The maximum absolute atomic E-state index is 13.1. The Kier molecular flexibility index (Phi) is 6.14. The van der Waals surface area contributed by atoms with E-state index in [1.54, 1.807) is 6.07 Å². The zero-order chi connectivity index (χ0) is 20.9. The highest BCUT2D eigenvalue weighted by Crippen LogP contribution is 2.25. The van der Waals surface area contributed by atoms with Gasteiger partial charge in [-0.25, -0.2) is 4.98 Å². The van der Waals surface area contributed by atoms with Crippen LogP contribution >= 0.6 is 0 Å². The Morgan fingerprint density at radius 3 is 2.83 bits per heavy atom. The summed E-state index contributed by atoms with van der Waals surface area (Å²) in [4.78, 5) is 19.5. The predicted molar refractivity (Wildman–Crippen MR) is 115 cm³/mol. The van der Waals surface area contributed by atoms with Gasteiger partial charge in [0.05, 0.1) is 6.54 Å². The second-order valence-electron chi connectivity index (χ2n) is 7.56. The van der Waals surface area contributed by atoms with Gasteiger partial charge in [-0.15, -0.1) is 0 Å². The maximum atomic E-state index is 13.1. The molecule has 0 atom stereocenters. The smallest absolute Gasteiger partial charge is 0.254 e. The van der Waals surface area contributed by atoms with Crippen molar-refractivity contribution in [3.63, 3.8) is 0 Å². The molecule has 0 aliphatic carbocycles. The zero-order valence-corrected chi connectivity index (χ0v) is 17.3. The number of hydrogen-bond donors (Lipinski definition) is 1. The number of nitrogens with two attached hydrogens (primary N) is 1. The number of carbonyl (C=O) groups excluding carboxylic acids is 1. The molecule has 1 aromatic heterocycles. The molecule has 0 saturated carbocycles. The Bertz CT molecular complexity index is 1010. The van der Waals surface area contributed by atoms with Crippen molar-refractivity contribution < 1.29 is 13.9 Å². The van der Waals surface area contributed by atoms with Gasteiger partial charge in [0.25, 0.3) is 5.91 Å².